The molecule has 0 aromatic carbocycles. The summed E-state index contributed by atoms with van der Waals surface area (Å²) in [7, 11) is 0. The van der Waals surface area contributed by atoms with Crippen LogP contribution in [0, 0.1) is 0 Å². The van der Waals surface area contributed by atoms with Gasteiger partial charge < -0.3 is 10.7 Å². The zero-order chi connectivity index (χ0) is 13.0. The van der Waals surface area contributed by atoms with Crippen LogP contribution in [0.5, 0.6) is 0 Å². The van der Waals surface area contributed by atoms with Crippen molar-refractivity contribution >= 4 is 34.7 Å². The highest BCUT2D eigenvalue weighted by Crippen LogP contribution is 2.14. The molecule has 0 aliphatic heterocycles. The van der Waals surface area contributed by atoms with Crippen molar-refractivity contribution in [1.82, 2.24) is 10.3 Å². The molecule has 1 amide bonds. The Morgan fingerprint density at radius 1 is 1.50 bits per heavy atom. The number of carbonyl (C=O) groups excluding carboxylic acids is 1. The molecule has 0 fully saturated rings. The molecule has 7 heteroatoms. The van der Waals surface area contributed by atoms with E-state index in [9.17, 15) is 4.79 Å². The van der Waals surface area contributed by atoms with Gasteiger partial charge >= 0.3 is 0 Å². The number of thiophene rings is 1. The fourth-order valence-electron chi connectivity index (χ4n) is 1.38. The van der Waals surface area contributed by atoms with Gasteiger partial charge in [-0.05, 0) is 34.5 Å². The van der Waals surface area contributed by atoms with E-state index in [2.05, 4.69) is 15.7 Å². The minimum absolute atomic E-state index is 0.214. The Hall–Kier alpha value is -1.63. The average Bonchev–Trinajstić information content (AvgIpc) is 2.88. The van der Waals surface area contributed by atoms with Gasteiger partial charge in [-0.15, -0.1) is 0 Å². The summed E-state index contributed by atoms with van der Waals surface area (Å²) in [5, 5.41) is 6.95. The third kappa shape index (κ3) is 3.19. The van der Waals surface area contributed by atoms with Crippen molar-refractivity contribution < 1.29 is 4.79 Å². The van der Waals surface area contributed by atoms with Crippen LogP contribution in [0.1, 0.15) is 15.9 Å². The Balaban J connectivity index is 2.06. The highest BCUT2D eigenvalue weighted by molar-refractivity contribution is 7.07. The second-order valence-electron chi connectivity index (χ2n) is 3.52. The zero-order valence-electron chi connectivity index (χ0n) is 9.31. The van der Waals surface area contributed by atoms with Crippen molar-refractivity contribution in [3.63, 3.8) is 0 Å². The molecule has 2 aromatic rings. The summed E-state index contributed by atoms with van der Waals surface area (Å²) in [5.41, 5.74) is 3.83. The predicted molar refractivity (Wildman–Crippen MR) is 72.5 cm³/mol. The van der Waals surface area contributed by atoms with E-state index in [4.69, 9.17) is 17.4 Å². The number of halogens is 1. The first-order chi connectivity index (χ1) is 8.69. The third-order valence-corrected chi connectivity index (χ3v) is 3.16. The van der Waals surface area contributed by atoms with Crippen LogP contribution in [0.2, 0.25) is 5.15 Å². The molecule has 0 radical (unpaired) electrons. The molecular weight excluding hydrogens is 272 g/mol. The van der Waals surface area contributed by atoms with Gasteiger partial charge in [-0.2, -0.15) is 11.3 Å². The lowest BCUT2D eigenvalue weighted by atomic mass is 10.2. The standard InChI is InChI=1S/C11H11ClN4OS/c12-9-3-8(4-10(15-9)16-13)11(17)14-5-7-1-2-18-6-7/h1-4,6H,5,13H2,(H,14,17)(H,15,16). The molecule has 2 heterocycles. The van der Waals surface area contributed by atoms with Crippen LogP contribution in [-0.4, -0.2) is 10.9 Å². The van der Waals surface area contributed by atoms with Gasteiger partial charge in [0.05, 0.1) is 0 Å². The second-order valence-corrected chi connectivity index (χ2v) is 4.69. The molecular formula is C11H11ClN4OS. The number of nitrogens with two attached hydrogens (primary N) is 1. The first-order valence-corrected chi connectivity index (χ1v) is 6.44. The Morgan fingerprint density at radius 3 is 3.00 bits per heavy atom. The minimum atomic E-state index is -0.220. The van der Waals surface area contributed by atoms with Crippen molar-refractivity contribution in [2.24, 2.45) is 5.84 Å². The van der Waals surface area contributed by atoms with Crippen molar-refractivity contribution in [1.29, 1.82) is 0 Å². The molecule has 2 aromatic heterocycles. The highest BCUT2D eigenvalue weighted by Gasteiger charge is 2.08. The number of anilines is 1. The number of carbonyl (C=O) groups is 1. The molecule has 0 atom stereocenters. The summed E-state index contributed by atoms with van der Waals surface area (Å²) in [6, 6.07) is 4.98. The summed E-state index contributed by atoms with van der Waals surface area (Å²) in [6.45, 7) is 0.480. The highest BCUT2D eigenvalue weighted by atomic mass is 35.5. The van der Waals surface area contributed by atoms with Gasteiger partial charge in [0.15, 0.2) is 0 Å². The third-order valence-electron chi connectivity index (χ3n) is 2.24. The average molecular weight is 283 g/mol. The number of rotatable bonds is 4. The number of hydrogen-bond acceptors (Lipinski definition) is 5. The van der Waals surface area contributed by atoms with E-state index in [1.54, 1.807) is 11.3 Å². The molecule has 0 aliphatic rings. The first kappa shape index (κ1) is 12.8. The summed E-state index contributed by atoms with van der Waals surface area (Å²) in [5.74, 6) is 5.37. The Morgan fingerprint density at radius 2 is 2.33 bits per heavy atom. The molecule has 94 valence electrons. The number of aromatic nitrogens is 1. The van der Waals surface area contributed by atoms with Gasteiger partial charge in [0, 0.05) is 12.1 Å². The van der Waals surface area contributed by atoms with Crippen molar-refractivity contribution in [2.75, 3.05) is 5.43 Å². The summed E-state index contributed by atoms with van der Waals surface area (Å²) >= 11 is 7.37. The molecule has 0 saturated heterocycles. The SMILES string of the molecule is NNc1cc(C(=O)NCc2ccsc2)cc(Cl)n1. The van der Waals surface area contributed by atoms with E-state index < -0.39 is 0 Å². The number of nitrogen functional groups attached to an aromatic ring is 1. The van der Waals surface area contributed by atoms with E-state index >= 15 is 0 Å². The molecule has 18 heavy (non-hydrogen) atoms. The van der Waals surface area contributed by atoms with Gasteiger partial charge in [-0.25, -0.2) is 10.8 Å². The van der Waals surface area contributed by atoms with Crippen LogP contribution in [-0.2, 0) is 6.54 Å². The van der Waals surface area contributed by atoms with Crippen LogP contribution in [0.4, 0.5) is 5.82 Å². The van der Waals surface area contributed by atoms with Gasteiger partial charge in [0.25, 0.3) is 5.91 Å². The van der Waals surface area contributed by atoms with Crippen LogP contribution in [0.25, 0.3) is 0 Å². The van der Waals surface area contributed by atoms with Crippen LogP contribution >= 0.6 is 22.9 Å². The maximum atomic E-state index is 11.9. The fourth-order valence-corrected chi connectivity index (χ4v) is 2.26. The van der Waals surface area contributed by atoms with Crippen molar-refractivity contribution in [3.8, 4) is 0 Å². The minimum Gasteiger partial charge on any atom is -0.348 e. The number of hydrazine groups is 1. The Labute approximate surface area is 113 Å². The van der Waals surface area contributed by atoms with E-state index in [1.807, 2.05) is 16.8 Å². The number of nitrogens with one attached hydrogen (secondary N) is 2. The monoisotopic (exact) mass is 282 g/mol. The van der Waals surface area contributed by atoms with Gasteiger partial charge in [-0.3, -0.25) is 4.79 Å². The molecule has 0 bridgehead atoms. The van der Waals surface area contributed by atoms with Crippen LogP contribution < -0.4 is 16.6 Å². The molecule has 0 spiro atoms. The van der Waals surface area contributed by atoms with Crippen molar-refractivity contribution in [2.45, 2.75) is 6.54 Å². The lowest BCUT2D eigenvalue weighted by molar-refractivity contribution is 0.0951. The first-order valence-electron chi connectivity index (χ1n) is 5.12. The number of nitrogens with zero attached hydrogens (tertiary/aromatic N) is 1. The molecule has 5 nitrogen and oxygen atoms in total. The predicted octanol–water partition coefficient (Wildman–Crippen LogP) is 2.01. The quantitative estimate of drug-likeness (QED) is 0.455. The zero-order valence-corrected chi connectivity index (χ0v) is 10.9. The fraction of sp³-hybridized carbons (Fsp3) is 0.0909. The maximum Gasteiger partial charge on any atom is 0.251 e. The van der Waals surface area contributed by atoms with E-state index in [0.29, 0.717) is 17.9 Å². The van der Waals surface area contributed by atoms with E-state index in [-0.39, 0.29) is 11.1 Å². The van der Waals surface area contributed by atoms with Crippen molar-refractivity contribution in [3.05, 3.63) is 45.2 Å². The number of amides is 1. The summed E-state index contributed by atoms with van der Waals surface area (Å²) in [4.78, 5) is 15.8. The number of pyridine rings is 1. The maximum absolute atomic E-state index is 11.9. The summed E-state index contributed by atoms with van der Waals surface area (Å²) in [6.07, 6.45) is 0. The van der Waals surface area contributed by atoms with Gasteiger partial charge in [-0.1, -0.05) is 11.6 Å². The lowest BCUT2D eigenvalue weighted by Crippen LogP contribution is -2.23. The van der Waals surface area contributed by atoms with Gasteiger partial charge in [0.2, 0.25) is 0 Å². The summed E-state index contributed by atoms with van der Waals surface area (Å²) < 4.78 is 0. The second kappa shape index (κ2) is 5.81. The smallest absolute Gasteiger partial charge is 0.251 e. The van der Waals surface area contributed by atoms with E-state index in [0.717, 1.165) is 5.56 Å². The Bertz CT molecular complexity index is 544. The lowest BCUT2D eigenvalue weighted by Gasteiger charge is -2.06. The Kier molecular flexibility index (Phi) is 4.14. The molecule has 0 aliphatic carbocycles. The topological polar surface area (TPSA) is 80.0 Å². The molecule has 0 unspecified atom stereocenters. The van der Waals surface area contributed by atoms with E-state index in [1.165, 1.54) is 12.1 Å². The van der Waals surface area contributed by atoms with Crippen LogP contribution in [0.3, 0.4) is 0 Å². The normalized spacial score (nSPS) is 10.1. The molecule has 4 N–H and O–H groups in total. The number of hydrogen-bond donors (Lipinski definition) is 3. The molecule has 0 saturated carbocycles. The largest absolute Gasteiger partial charge is 0.348 e. The van der Waals surface area contributed by atoms with Gasteiger partial charge in [0.1, 0.15) is 11.0 Å². The molecule has 2 rings (SSSR count). The van der Waals surface area contributed by atoms with Crippen LogP contribution in [0.15, 0.2) is 29.0 Å².